The molecule has 0 spiro atoms. The van der Waals surface area contributed by atoms with Gasteiger partial charge in [0.15, 0.2) is 0 Å². The Hall–Kier alpha value is -9.22. The Morgan fingerprint density at radius 1 is 0.698 bits per heavy atom. The van der Waals surface area contributed by atoms with Gasteiger partial charge >= 0.3 is 5.97 Å². The molecule has 18 N–H and O–H groups in total. The van der Waals surface area contributed by atoms with E-state index in [1.54, 1.807) is 12.1 Å². The number of aliphatic carboxylic acids is 1. The molecule has 0 aliphatic heterocycles. The Bertz CT molecular complexity index is 3330. The first-order chi connectivity index (χ1) is 45.4. The molecule has 0 fully saturated rings. The molecule has 27 nitrogen and oxygen atoms in total. The van der Waals surface area contributed by atoms with Gasteiger partial charge in [-0.1, -0.05) is 91.7 Å². The highest BCUT2D eigenvalue weighted by molar-refractivity contribution is 5.98. The highest BCUT2D eigenvalue weighted by atomic mass is 19.1. The van der Waals surface area contributed by atoms with E-state index in [2.05, 4.69) is 42.5 Å². The second-order valence-electron chi connectivity index (χ2n) is 24.5. The number of carbonyl (C=O) groups excluding carboxylic acids is 10. The quantitative estimate of drug-likeness (QED) is 0.0207. The van der Waals surface area contributed by atoms with Crippen LogP contribution in [-0.4, -0.2) is 172 Å². The summed E-state index contributed by atoms with van der Waals surface area (Å²) in [6, 6.07) is 15.5. The van der Waals surface area contributed by atoms with Gasteiger partial charge in [-0.3, -0.25) is 47.9 Å². The fourth-order valence-electron chi connectivity index (χ4n) is 10.5. The van der Waals surface area contributed by atoms with Gasteiger partial charge in [0.1, 0.15) is 53.1 Å². The number of carboxylic acids is 1. The number of hydrogen-bond acceptors (Lipinski definition) is 17. The Labute approximate surface area is 557 Å². The molecule has 0 saturated heterocycles. The van der Waals surface area contributed by atoms with Crippen molar-refractivity contribution in [1.29, 1.82) is 0 Å². The third-order valence-corrected chi connectivity index (χ3v) is 16.0. The number of ether oxygens (including phenoxy) is 1. The van der Waals surface area contributed by atoms with Crippen molar-refractivity contribution in [3.8, 4) is 16.9 Å². The predicted octanol–water partition coefficient (Wildman–Crippen LogP) is 0.156. The van der Waals surface area contributed by atoms with Gasteiger partial charge in [-0.2, -0.15) is 0 Å². The minimum atomic E-state index is -2.47. The number of aryl methyl sites for hydroxylation is 4. The van der Waals surface area contributed by atoms with Crippen LogP contribution in [0.4, 0.5) is 4.39 Å². The lowest BCUT2D eigenvalue weighted by Crippen LogP contribution is -2.68. The molecule has 0 aliphatic carbocycles. The molecule has 0 saturated carbocycles. The van der Waals surface area contributed by atoms with Crippen molar-refractivity contribution >= 4 is 65.4 Å². The largest absolute Gasteiger partial charge is 0.494 e. The third-order valence-electron chi connectivity index (χ3n) is 16.0. The second-order valence-corrected chi connectivity index (χ2v) is 24.5. The van der Waals surface area contributed by atoms with Crippen molar-refractivity contribution in [1.82, 2.24) is 42.5 Å². The Morgan fingerprint density at radius 2 is 1.32 bits per heavy atom. The Balaban J connectivity index is 1.61. The van der Waals surface area contributed by atoms with E-state index in [0.717, 1.165) is 73.1 Å². The van der Waals surface area contributed by atoms with E-state index < -0.39 is 157 Å². The van der Waals surface area contributed by atoms with Crippen molar-refractivity contribution in [2.75, 3.05) is 32.8 Å². The number of hydrogen-bond donors (Lipinski definition) is 15. The zero-order valence-corrected chi connectivity index (χ0v) is 55.4. The van der Waals surface area contributed by atoms with Gasteiger partial charge in [-0.25, -0.2) is 4.39 Å². The molecule has 10 atom stereocenters. The van der Waals surface area contributed by atoms with E-state index in [9.17, 15) is 73.2 Å². The molecule has 4 aromatic rings. The van der Waals surface area contributed by atoms with Crippen LogP contribution in [0.15, 0.2) is 84.9 Å². The molecule has 1 unspecified atom stereocenters. The maximum Gasteiger partial charge on any atom is 0.305 e. The van der Waals surface area contributed by atoms with E-state index in [1.807, 2.05) is 69.3 Å². The summed E-state index contributed by atoms with van der Waals surface area (Å²) in [5, 5.41) is 61.9. The number of unbranched alkanes of at least 4 members (excludes halogenated alkanes) is 1. The number of carbonyl (C=O) groups is 11. The van der Waals surface area contributed by atoms with Crippen molar-refractivity contribution in [2.24, 2.45) is 23.1 Å². The lowest BCUT2D eigenvalue weighted by Gasteiger charge is -2.35. The highest BCUT2D eigenvalue weighted by Crippen LogP contribution is 2.29. The smallest absolute Gasteiger partial charge is 0.305 e. The van der Waals surface area contributed by atoms with Gasteiger partial charge in [0, 0.05) is 31.7 Å². The second kappa shape index (κ2) is 38.4. The number of amides is 9. The fraction of sp³-hybridized carbons (Fsp3) is 0.485. The zero-order valence-electron chi connectivity index (χ0n) is 55.4. The Morgan fingerprint density at radius 3 is 1.91 bits per heavy atom. The first-order valence-electron chi connectivity index (χ1n) is 31.8. The van der Waals surface area contributed by atoms with Crippen LogP contribution in [0, 0.1) is 25.6 Å². The number of aliphatic hydroxyl groups is 3. The van der Waals surface area contributed by atoms with Crippen LogP contribution in [0.2, 0.25) is 0 Å². The first kappa shape index (κ1) is 79.2. The third kappa shape index (κ3) is 25.2. The van der Waals surface area contributed by atoms with E-state index in [4.69, 9.17) is 21.9 Å². The van der Waals surface area contributed by atoms with Gasteiger partial charge < -0.3 is 89.7 Å². The molecule has 4 rings (SSSR count). The normalized spacial score (nSPS) is 15.0. The molecule has 4 aromatic carbocycles. The predicted molar refractivity (Wildman–Crippen MR) is 353 cm³/mol. The van der Waals surface area contributed by atoms with Crippen LogP contribution in [0.5, 0.6) is 5.75 Å². The van der Waals surface area contributed by atoms with E-state index in [0.29, 0.717) is 43.7 Å². The lowest BCUT2D eigenvalue weighted by molar-refractivity contribution is -0.141. The topological polar surface area (TPSA) is 452 Å². The number of benzene rings is 4. The lowest BCUT2D eigenvalue weighted by atomic mass is 9.90. The monoisotopic (exact) mass is 1340 g/mol. The van der Waals surface area contributed by atoms with Crippen molar-refractivity contribution in [3.63, 3.8) is 0 Å². The standard InChI is InChI=1S/C68H94FN11O16/c1-8-46-32-49(96-27-12-11-26-70)23-24-50(46)47-21-19-44(20-22-47)31-54(63(92)75-52(60(72)89)17-13-14-45-29-39(2)28-40(3)30-45)76-62(91)53(33-57(87)88)74-36-68(37-81,38-82)80-65(94)59(43(6)84)78-66(95)67(7,34-48-15-9-10-16-51(48)69)79-64(93)58(42(5)83)77-56(86)35-73-61(90)41(4)18-25-55(71)85/h9-10,15-16,19-24,28-30,32,37,41-43,52-54,58-59,74,82-84H,8,11-14,17-18,25-27,31,33-36,38,70H2,1-7H3,(H2,71,85)(H2,72,89)(H,73,90)(H,75,92)(H,76,91)(H,77,86)(H,78,95)(H,79,93)(H,80,94)(H,87,88)/t41-,42+,43+,52-,53-,54-,58-,59-,67-,68?/m0/s1. The van der Waals surface area contributed by atoms with Crippen molar-refractivity contribution in [2.45, 2.75) is 173 Å². The molecule has 0 heterocycles. The van der Waals surface area contributed by atoms with E-state index in [-0.39, 0.29) is 37.5 Å². The summed E-state index contributed by atoms with van der Waals surface area (Å²) in [4.78, 5) is 147. The maximum atomic E-state index is 15.3. The number of primary amides is 2. The minimum Gasteiger partial charge on any atom is -0.494 e. The number of rotatable bonds is 42. The molecule has 0 aromatic heterocycles. The van der Waals surface area contributed by atoms with Crippen molar-refractivity contribution in [3.05, 3.63) is 124 Å². The molecule has 9 amide bonds. The van der Waals surface area contributed by atoms with Crippen LogP contribution in [0.3, 0.4) is 0 Å². The molecule has 0 bridgehead atoms. The Kier molecular flexibility index (Phi) is 31.7. The summed E-state index contributed by atoms with van der Waals surface area (Å²) in [6.45, 7) is 8.83. The van der Waals surface area contributed by atoms with E-state index in [1.165, 1.54) is 25.1 Å². The minimum absolute atomic E-state index is 0.0397. The van der Waals surface area contributed by atoms with Gasteiger partial charge in [0.25, 0.3) is 0 Å². The zero-order chi connectivity index (χ0) is 71.5. The number of halogens is 1. The van der Waals surface area contributed by atoms with E-state index >= 15 is 4.39 Å². The van der Waals surface area contributed by atoms with Crippen LogP contribution < -0.4 is 64.5 Å². The number of aldehydes is 1. The van der Waals surface area contributed by atoms with Gasteiger partial charge in [-0.15, -0.1) is 0 Å². The molecular formula is C68H94FN11O16. The molecule has 0 aliphatic rings. The summed E-state index contributed by atoms with van der Waals surface area (Å²) >= 11 is 0. The summed E-state index contributed by atoms with van der Waals surface area (Å²) in [5.41, 5.74) is 18.0. The van der Waals surface area contributed by atoms with Crippen molar-refractivity contribution < 1.29 is 82.3 Å². The number of carboxylic acid groups (broad SMARTS) is 1. The summed E-state index contributed by atoms with van der Waals surface area (Å²) in [5.74, 6) is -11.5. The summed E-state index contributed by atoms with van der Waals surface area (Å²) in [6.07, 6.45) is -2.10. The number of nitrogens with two attached hydrogens (primary N) is 3. The van der Waals surface area contributed by atoms with Crippen LogP contribution in [-0.2, 0) is 78.4 Å². The first-order valence-corrected chi connectivity index (χ1v) is 31.8. The summed E-state index contributed by atoms with van der Waals surface area (Å²) < 4.78 is 21.3. The number of aliphatic hydroxyl groups excluding tert-OH is 3. The van der Waals surface area contributed by atoms with Gasteiger partial charge in [0.2, 0.25) is 53.2 Å². The van der Waals surface area contributed by atoms with Gasteiger partial charge in [0.05, 0.1) is 44.4 Å². The van der Waals surface area contributed by atoms with Crippen LogP contribution >= 0.6 is 0 Å². The SMILES string of the molecule is CCc1cc(OCCCCN)ccc1-c1ccc(C[C@H](NC(=O)[C@H](CC(=O)O)NCC(C=O)(CO)NC(=O)[C@@H](NC(=O)[C@](C)(Cc2ccccc2F)NC(=O)[C@@H](NC(=O)CNC(=O)[C@@H](C)CCC(N)=O)[C@@H](C)O)[C@@H](C)O)C(=O)N[C@@H](CCCc2cc(C)cc(C)c2)C(N)=O)cc1. The summed E-state index contributed by atoms with van der Waals surface area (Å²) in [7, 11) is 0. The maximum absolute atomic E-state index is 15.3. The molecular weight excluding hydrogens is 1250 g/mol. The highest BCUT2D eigenvalue weighted by Gasteiger charge is 2.43. The average molecular weight is 1340 g/mol. The molecule has 524 valence electrons. The van der Waals surface area contributed by atoms with Gasteiger partial charge in [-0.05, 0) is 138 Å². The fourth-order valence-corrected chi connectivity index (χ4v) is 10.5. The molecule has 28 heteroatoms. The molecule has 0 radical (unpaired) electrons. The number of nitrogens with one attached hydrogen (secondary N) is 8. The molecule has 96 heavy (non-hydrogen) atoms. The van der Waals surface area contributed by atoms with Crippen LogP contribution in [0.1, 0.15) is 113 Å². The van der Waals surface area contributed by atoms with Crippen LogP contribution in [0.25, 0.3) is 11.1 Å². The average Bonchev–Trinajstić information content (AvgIpc) is 0.836.